The van der Waals surface area contributed by atoms with Gasteiger partial charge in [-0.15, -0.1) is 0 Å². The van der Waals surface area contributed by atoms with Gasteiger partial charge in [-0.3, -0.25) is 4.79 Å². The van der Waals surface area contributed by atoms with E-state index in [1.54, 1.807) is 0 Å². The third kappa shape index (κ3) is 1.96. The summed E-state index contributed by atoms with van der Waals surface area (Å²) in [6, 6.07) is 0. The minimum atomic E-state index is -4.76. The second-order valence-electron chi connectivity index (χ2n) is 8.22. The van der Waals surface area contributed by atoms with Crippen LogP contribution >= 0.6 is 0 Å². The maximum Gasteiger partial charge on any atom is 0.471 e. The number of hydrogen-bond donors (Lipinski definition) is 0. The highest BCUT2D eigenvalue weighted by atomic mass is 19.4. The van der Waals surface area contributed by atoms with Crippen molar-refractivity contribution in [1.29, 1.82) is 0 Å². The number of halogens is 3. The number of amides is 1. The molecule has 4 fully saturated rings. The Morgan fingerprint density at radius 3 is 1.95 bits per heavy atom. The molecule has 4 rings (SSSR count). The van der Waals surface area contributed by atoms with Gasteiger partial charge in [0, 0.05) is 12.6 Å². The van der Waals surface area contributed by atoms with E-state index in [0.29, 0.717) is 5.92 Å². The second kappa shape index (κ2) is 3.72. The van der Waals surface area contributed by atoms with Gasteiger partial charge in [-0.1, -0.05) is 13.8 Å². The van der Waals surface area contributed by atoms with E-state index in [1.807, 2.05) is 0 Å². The highest BCUT2D eigenvalue weighted by molar-refractivity contribution is 5.82. The zero-order valence-electron chi connectivity index (χ0n) is 12.3. The molecule has 1 amide bonds. The Hall–Kier alpha value is -0.740. The van der Waals surface area contributed by atoms with Crippen molar-refractivity contribution in [3.8, 4) is 0 Å². The molecular weight excluding hydrogens is 267 g/mol. The Balaban J connectivity index is 1.95. The van der Waals surface area contributed by atoms with Crippen LogP contribution in [0.5, 0.6) is 0 Å². The van der Waals surface area contributed by atoms with Gasteiger partial charge >= 0.3 is 12.1 Å². The van der Waals surface area contributed by atoms with E-state index in [0.717, 1.165) is 43.4 Å². The van der Waals surface area contributed by atoms with Gasteiger partial charge in [-0.05, 0) is 55.3 Å². The number of rotatable bonds is 1. The lowest BCUT2D eigenvalue weighted by atomic mass is 9.42. The van der Waals surface area contributed by atoms with Crippen molar-refractivity contribution in [1.82, 2.24) is 4.90 Å². The zero-order chi connectivity index (χ0) is 15.0. The summed E-state index contributed by atoms with van der Waals surface area (Å²) in [5.41, 5.74) is -0.363. The van der Waals surface area contributed by atoms with Crippen LogP contribution in [0.15, 0.2) is 0 Å². The van der Waals surface area contributed by atoms with Crippen LogP contribution in [0.2, 0.25) is 0 Å². The van der Waals surface area contributed by atoms with Crippen LogP contribution in [0.25, 0.3) is 0 Å². The predicted molar refractivity (Wildman–Crippen MR) is 69.0 cm³/mol. The number of alkyl halides is 3. The van der Waals surface area contributed by atoms with Crippen molar-refractivity contribution in [3.05, 3.63) is 0 Å². The number of carbonyl (C=O) groups is 1. The third-order valence-corrected chi connectivity index (χ3v) is 5.86. The molecule has 0 radical (unpaired) electrons. The summed E-state index contributed by atoms with van der Waals surface area (Å²) in [5.74, 6) is -1.20. The topological polar surface area (TPSA) is 20.3 Å². The summed E-state index contributed by atoms with van der Waals surface area (Å²) >= 11 is 0. The van der Waals surface area contributed by atoms with E-state index in [-0.39, 0.29) is 10.8 Å². The molecule has 4 bridgehead atoms. The first-order chi connectivity index (χ1) is 8.97. The quantitative estimate of drug-likeness (QED) is 0.720. The Kier molecular flexibility index (Phi) is 2.64. The van der Waals surface area contributed by atoms with Crippen molar-refractivity contribution in [2.45, 2.75) is 64.1 Å². The van der Waals surface area contributed by atoms with Crippen molar-refractivity contribution in [3.63, 3.8) is 0 Å². The predicted octanol–water partition coefficient (Wildman–Crippen LogP) is 3.76. The molecule has 2 unspecified atom stereocenters. The van der Waals surface area contributed by atoms with Crippen molar-refractivity contribution >= 4 is 5.91 Å². The molecule has 114 valence electrons. The van der Waals surface area contributed by atoms with Crippen LogP contribution in [0.4, 0.5) is 13.2 Å². The molecule has 2 atom stereocenters. The van der Waals surface area contributed by atoms with Gasteiger partial charge < -0.3 is 4.90 Å². The smallest absolute Gasteiger partial charge is 0.332 e. The first kappa shape index (κ1) is 14.2. The standard InChI is InChI=1S/C15H22F3NO/c1-12-4-10-5-13(2,7-12)9-14(6-10,8-12)19(3)11(20)15(16,17)18/h10H,4-9H2,1-3H3. The number of hydrogen-bond acceptors (Lipinski definition) is 1. The summed E-state index contributed by atoms with van der Waals surface area (Å²) in [6.45, 7) is 4.38. The fraction of sp³-hybridized carbons (Fsp3) is 0.933. The highest BCUT2D eigenvalue weighted by Crippen LogP contribution is 2.67. The minimum Gasteiger partial charge on any atom is -0.332 e. The van der Waals surface area contributed by atoms with Crippen LogP contribution in [-0.2, 0) is 4.79 Å². The molecule has 0 aromatic rings. The van der Waals surface area contributed by atoms with E-state index in [1.165, 1.54) is 7.05 Å². The number of nitrogens with zero attached hydrogens (tertiary/aromatic N) is 1. The molecule has 4 saturated carbocycles. The highest BCUT2D eigenvalue weighted by Gasteiger charge is 2.63. The molecule has 0 N–H and O–H groups in total. The summed E-state index contributed by atoms with van der Waals surface area (Å²) in [5, 5.41) is 0. The first-order valence-corrected chi connectivity index (χ1v) is 7.32. The largest absolute Gasteiger partial charge is 0.471 e. The molecular formula is C15H22F3NO. The van der Waals surface area contributed by atoms with Gasteiger partial charge in [0.25, 0.3) is 0 Å². The molecule has 0 heterocycles. The molecule has 0 aromatic carbocycles. The van der Waals surface area contributed by atoms with Crippen LogP contribution < -0.4 is 0 Å². The van der Waals surface area contributed by atoms with Gasteiger partial charge in [0.05, 0.1) is 0 Å². The molecule has 20 heavy (non-hydrogen) atoms. The van der Waals surface area contributed by atoms with Gasteiger partial charge in [0.2, 0.25) is 0 Å². The fourth-order valence-electron chi connectivity index (χ4n) is 6.17. The number of carbonyl (C=O) groups excluding carboxylic acids is 1. The second-order valence-corrected chi connectivity index (χ2v) is 8.22. The van der Waals surface area contributed by atoms with Crippen molar-refractivity contribution < 1.29 is 18.0 Å². The molecule has 0 aromatic heterocycles. The summed E-state index contributed by atoms with van der Waals surface area (Å²) in [4.78, 5) is 12.7. The molecule has 4 aliphatic carbocycles. The van der Waals surface area contributed by atoms with E-state index in [9.17, 15) is 18.0 Å². The van der Waals surface area contributed by atoms with Crippen LogP contribution in [0.1, 0.15) is 52.4 Å². The first-order valence-electron chi connectivity index (χ1n) is 7.32. The van der Waals surface area contributed by atoms with E-state index in [2.05, 4.69) is 13.8 Å². The minimum absolute atomic E-state index is 0.105. The van der Waals surface area contributed by atoms with Gasteiger partial charge in [0.1, 0.15) is 0 Å². The fourth-order valence-corrected chi connectivity index (χ4v) is 6.17. The zero-order valence-corrected chi connectivity index (χ0v) is 12.3. The summed E-state index contributed by atoms with van der Waals surface area (Å²) in [7, 11) is 1.36. The molecule has 5 heteroatoms. The van der Waals surface area contributed by atoms with E-state index < -0.39 is 17.6 Å². The Morgan fingerprint density at radius 1 is 1.05 bits per heavy atom. The molecule has 4 aliphatic rings. The SMILES string of the molecule is CN(C(=O)C(F)(F)F)C12CC3CC(C)(CC(C)(C3)C1)C2. The Morgan fingerprint density at radius 2 is 1.55 bits per heavy atom. The van der Waals surface area contributed by atoms with E-state index in [4.69, 9.17) is 0 Å². The Bertz CT molecular complexity index is 441. The molecule has 0 saturated heterocycles. The van der Waals surface area contributed by atoms with Crippen LogP contribution in [0.3, 0.4) is 0 Å². The van der Waals surface area contributed by atoms with Crippen LogP contribution in [-0.4, -0.2) is 29.6 Å². The maximum atomic E-state index is 12.8. The average molecular weight is 289 g/mol. The van der Waals surface area contributed by atoms with Crippen molar-refractivity contribution in [2.75, 3.05) is 7.05 Å². The molecule has 2 nitrogen and oxygen atoms in total. The summed E-state index contributed by atoms with van der Waals surface area (Å²) < 4.78 is 38.4. The normalized spacial score (nSPS) is 46.6. The molecule has 0 spiro atoms. The molecule has 0 aliphatic heterocycles. The average Bonchev–Trinajstić information content (AvgIpc) is 2.20. The maximum absolute atomic E-state index is 12.8. The van der Waals surface area contributed by atoms with Gasteiger partial charge in [-0.25, -0.2) is 0 Å². The van der Waals surface area contributed by atoms with E-state index >= 15 is 0 Å². The van der Waals surface area contributed by atoms with Gasteiger partial charge in [0.15, 0.2) is 0 Å². The van der Waals surface area contributed by atoms with Crippen LogP contribution in [0, 0.1) is 16.7 Å². The lowest BCUT2D eigenvalue weighted by molar-refractivity contribution is -0.207. The monoisotopic (exact) mass is 289 g/mol. The third-order valence-electron chi connectivity index (χ3n) is 5.86. The van der Waals surface area contributed by atoms with Gasteiger partial charge in [-0.2, -0.15) is 13.2 Å². The Labute approximate surface area is 117 Å². The summed E-state index contributed by atoms with van der Waals surface area (Å²) in [6.07, 6.45) is 0.744. The van der Waals surface area contributed by atoms with Crippen molar-refractivity contribution in [2.24, 2.45) is 16.7 Å². The lowest BCUT2D eigenvalue weighted by Gasteiger charge is -2.67. The lowest BCUT2D eigenvalue weighted by Crippen LogP contribution is -2.66.